The van der Waals surface area contributed by atoms with Gasteiger partial charge in [0.25, 0.3) is 5.91 Å². The zero-order valence-corrected chi connectivity index (χ0v) is 18.0. The van der Waals surface area contributed by atoms with Crippen LogP contribution in [0.15, 0.2) is 71.2 Å². The van der Waals surface area contributed by atoms with E-state index in [0.29, 0.717) is 17.1 Å². The molecule has 1 amide bonds. The minimum atomic E-state index is -4.46. The van der Waals surface area contributed by atoms with Gasteiger partial charge in [-0.05, 0) is 66.8 Å². The molecule has 0 saturated carbocycles. The van der Waals surface area contributed by atoms with Gasteiger partial charge in [0, 0.05) is 21.5 Å². The number of rotatable bonds is 4. The van der Waals surface area contributed by atoms with Crippen LogP contribution in [0.3, 0.4) is 0 Å². The van der Waals surface area contributed by atoms with Gasteiger partial charge in [-0.2, -0.15) is 13.2 Å². The quantitative estimate of drug-likeness (QED) is 0.270. The molecular weight excluding hydrogens is 498 g/mol. The largest absolute Gasteiger partial charge is 0.417 e. The number of amides is 1. The summed E-state index contributed by atoms with van der Waals surface area (Å²) < 4.78 is 52.1. The number of alkyl halides is 3. The smallest absolute Gasteiger partial charge is 0.332 e. The molecule has 0 unspecified atom stereocenters. The maximum absolute atomic E-state index is 13.7. The highest BCUT2D eigenvalue weighted by molar-refractivity contribution is 9.10. The molecule has 4 nitrogen and oxygen atoms in total. The van der Waals surface area contributed by atoms with E-state index in [1.165, 1.54) is 30.3 Å². The molecule has 0 aromatic heterocycles. The third kappa shape index (κ3) is 6.02. The average Bonchev–Trinajstić information content (AvgIpc) is 2.68. The van der Waals surface area contributed by atoms with Crippen molar-refractivity contribution in [3.05, 3.63) is 88.1 Å². The molecule has 0 aliphatic heterocycles. The number of anilines is 3. The number of hydrogen-bond acceptors (Lipinski definition) is 2. The molecule has 3 aromatic rings. The van der Waals surface area contributed by atoms with Gasteiger partial charge in [-0.15, -0.1) is 0 Å². The van der Waals surface area contributed by atoms with Crippen molar-refractivity contribution in [2.24, 2.45) is 0 Å². The van der Waals surface area contributed by atoms with Crippen molar-refractivity contribution in [1.82, 2.24) is 0 Å². The fraction of sp³-hybridized carbons (Fsp3) is 0.0476. The van der Waals surface area contributed by atoms with Gasteiger partial charge in [0.15, 0.2) is 5.11 Å². The maximum atomic E-state index is 13.7. The van der Waals surface area contributed by atoms with Crippen LogP contribution in [0.5, 0.6) is 0 Å². The van der Waals surface area contributed by atoms with E-state index in [-0.39, 0.29) is 15.1 Å². The van der Waals surface area contributed by atoms with Crippen LogP contribution >= 0.6 is 28.1 Å². The Morgan fingerprint density at radius 1 is 0.839 bits per heavy atom. The molecule has 3 rings (SSSR count). The Labute approximate surface area is 188 Å². The predicted molar refractivity (Wildman–Crippen MR) is 120 cm³/mol. The number of nitrogens with one attached hydrogen (secondary N) is 3. The highest BCUT2D eigenvalue weighted by Crippen LogP contribution is 2.36. The SMILES string of the molecule is O=C(Nc1ccc(NC(=S)Nc2ccc(C(F)(F)F)c(Br)c2)cc1)c1ccccc1F. The summed E-state index contributed by atoms with van der Waals surface area (Å²) in [5, 5.41) is 8.43. The molecule has 0 fully saturated rings. The molecular formula is C21H14BrF4N3OS. The number of thiocarbonyl (C=S) groups is 1. The topological polar surface area (TPSA) is 53.2 Å². The minimum Gasteiger partial charge on any atom is -0.332 e. The van der Waals surface area contributed by atoms with Crippen molar-refractivity contribution >= 4 is 56.2 Å². The van der Waals surface area contributed by atoms with Crippen molar-refractivity contribution < 1.29 is 22.4 Å². The van der Waals surface area contributed by atoms with E-state index in [9.17, 15) is 22.4 Å². The Kier molecular flexibility index (Phi) is 6.91. The van der Waals surface area contributed by atoms with E-state index in [1.54, 1.807) is 30.3 Å². The van der Waals surface area contributed by atoms with Crippen LogP contribution in [0.2, 0.25) is 0 Å². The summed E-state index contributed by atoms with van der Waals surface area (Å²) in [5.74, 6) is -1.20. The summed E-state index contributed by atoms with van der Waals surface area (Å²) in [6.45, 7) is 0. The third-order valence-corrected chi connectivity index (χ3v) is 4.91. The average molecular weight is 512 g/mol. The van der Waals surface area contributed by atoms with Crippen LogP contribution in [-0.4, -0.2) is 11.0 Å². The Bertz CT molecular complexity index is 1120. The second kappa shape index (κ2) is 9.44. The highest BCUT2D eigenvalue weighted by Gasteiger charge is 2.32. The van der Waals surface area contributed by atoms with E-state index in [1.807, 2.05) is 0 Å². The Hall–Kier alpha value is -2.98. The van der Waals surface area contributed by atoms with Crippen molar-refractivity contribution in [2.45, 2.75) is 6.18 Å². The zero-order valence-electron chi connectivity index (χ0n) is 15.6. The summed E-state index contributed by atoms with van der Waals surface area (Å²) >= 11 is 8.08. The predicted octanol–water partition coefficient (Wildman–Crippen LogP) is 6.67. The third-order valence-electron chi connectivity index (χ3n) is 4.05. The van der Waals surface area contributed by atoms with Crippen molar-refractivity contribution in [3.8, 4) is 0 Å². The molecule has 10 heteroatoms. The molecule has 31 heavy (non-hydrogen) atoms. The molecule has 0 atom stereocenters. The lowest BCUT2D eigenvalue weighted by Crippen LogP contribution is -2.19. The van der Waals surface area contributed by atoms with Gasteiger partial charge in [0.2, 0.25) is 0 Å². The monoisotopic (exact) mass is 511 g/mol. The summed E-state index contributed by atoms with van der Waals surface area (Å²) in [4.78, 5) is 12.1. The first-order valence-electron chi connectivity index (χ1n) is 8.74. The van der Waals surface area contributed by atoms with Crippen LogP contribution in [0, 0.1) is 5.82 Å². The fourth-order valence-electron chi connectivity index (χ4n) is 2.60. The van der Waals surface area contributed by atoms with Gasteiger partial charge < -0.3 is 16.0 Å². The van der Waals surface area contributed by atoms with Gasteiger partial charge >= 0.3 is 6.18 Å². The molecule has 0 aliphatic carbocycles. The standard InChI is InChI=1S/C21H14BrF4N3OS/c22-17-11-14(9-10-16(17)21(24,25)26)29-20(31)28-13-7-5-12(6-8-13)27-19(30)15-3-1-2-4-18(15)23/h1-11H,(H,27,30)(H2,28,29,31). The Balaban J connectivity index is 1.60. The normalized spacial score (nSPS) is 11.0. The van der Waals surface area contributed by atoms with Crippen LogP contribution in [0.1, 0.15) is 15.9 Å². The van der Waals surface area contributed by atoms with E-state index in [2.05, 4.69) is 31.9 Å². The van der Waals surface area contributed by atoms with Crippen molar-refractivity contribution in [2.75, 3.05) is 16.0 Å². The highest BCUT2D eigenvalue weighted by atomic mass is 79.9. The molecule has 3 aromatic carbocycles. The van der Waals surface area contributed by atoms with E-state index < -0.39 is 23.5 Å². The fourth-order valence-corrected chi connectivity index (χ4v) is 3.44. The van der Waals surface area contributed by atoms with E-state index in [4.69, 9.17) is 12.2 Å². The number of benzene rings is 3. The lowest BCUT2D eigenvalue weighted by atomic mass is 10.2. The van der Waals surface area contributed by atoms with Crippen molar-refractivity contribution in [3.63, 3.8) is 0 Å². The first kappa shape index (κ1) is 22.7. The lowest BCUT2D eigenvalue weighted by Gasteiger charge is -2.14. The van der Waals surface area contributed by atoms with Gasteiger partial charge in [-0.3, -0.25) is 4.79 Å². The molecule has 0 bridgehead atoms. The summed E-state index contributed by atoms with van der Waals surface area (Å²) in [7, 11) is 0. The lowest BCUT2D eigenvalue weighted by molar-refractivity contribution is -0.138. The number of carbonyl (C=O) groups is 1. The molecule has 0 aliphatic rings. The first-order valence-corrected chi connectivity index (χ1v) is 9.94. The second-order valence-electron chi connectivity index (χ2n) is 6.28. The van der Waals surface area contributed by atoms with Crippen LogP contribution in [0.4, 0.5) is 34.6 Å². The maximum Gasteiger partial charge on any atom is 0.417 e. The minimum absolute atomic E-state index is 0.0715. The van der Waals surface area contributed by atoms with Gasteiger partial charge in [0.1, 0.15) is 5.82 Å². The van der Waals surface area contributed by atoms with Gasteiger partial charge in [-0.25, -0.2) is 4.39 Å². The van der Waals surface area contributed by atoms with Gasteiger partial charge in [0.05, 0.1) is 11.1 Å². The van der Waals surface area contributed by atoms with Crippen LogP contribution < -0.4 is 16.0 Å². The number of hydrogen-bond donors (Lipinski definition) is 3. The Morgan fingerprint density at radius 3 is 1.97 bits per heavy atom. The van der Waals surface area contributed by atoms with Crippen LogP contribution in [-0.2, 0) is 6.18 Å². The molecule has 0 spiro atoms. The van der Waals surface area contributed by atoms with Crippen molar-refractivity contribution in [1.29, 1.82) is 0 Å². The molecule has 0 saturated heterocycles. The molecule has 0 heterocycles. The van der Waals surface area contributed by atoms with Crippen LogP contribution in [0.25, 0.3) is 0 Å². The first-order chi connectivity index (χ1) is 14.6. The second-order valence-corrected chi connectivity index (χ2v) is 7.55. The Morgan fingerprint density at radius 2 is 1.39 bits per heavy atom. The zero-order chi connectivity index (χ0) is 22.6. The van der Waals surface area contributed by atoms with Gasteiger partial charge in [-0.1, -0.05) is 28.1 Å². The van der Waals surface area contributed by atoms with E-state index >= 15 is 0 Å². The number of carbonyl (C=O) groups excluding carboxylic acids is 1. The summed E-state index contributed by atoms with van der Waals surface area (Å²) in [6, 6.07) is 15.6. The van der Waals surface area contributed by atoms with E-state index in [0.717, 1.165) is 6.07 Å². The molecule has 0 radical (unpaired) electrons. The molecule has 3 N–H and O–H groups in total. The summed E-state index contributed by atoms with van der Waals surface area (Å²) in [6.07, 6.45) is -4.46. The number of halogens is 5. The summed E-state index contributed by atoms with van der Waals surface area (Å²) in [5.41, 5.74) is 0.533. The molecule has 160 valence electrons.